The van der Waals surface area contributed by atoms with E-state index in [9.17, 15) is 4.79 Å². The molecule has 0 unspecified atom stereocenters. The normalized spacial score (nSPS) is 9.30. The van der Waals surface area contributed by atoms with Crippen LogP contribution in [0.4, 0.5) is 0 Å². The molecule has 1 aromatic heterocycles. The Bertz CT molecular complexity index is 232. The molecule has 0 amide bonds. The van der Waals surface area contributed by atoms with Crippen LogP contribution in [0.25, 0.3) is 0 Å². The Labute approximate surface area is 60.1 Å². The highest BCUT2D eigenvalue weighted by molar-refractivity contribution is 5.69. The van der Waals surface area contributed by atoms with Gasteiger partial charge in [-0.15, -0.1) is 0 Å². The molecule has 0 saturated carbocycles. The lowest BCUT2D eigenvalue weighted by Crippen LogP contribution is -2.36. The van der Waals surface area contributed by atoms with Crippen LogP contribution in [0.5, 0.6) is 0 Å². The van der Waals surface area contributed by atoms with Gasteiger partial charge < -0.3 is 0 Å². The molecule has 0 aliphatic rings. The summed E-state index contributed by atoms with van der Waals surface area (Å²) in [5, 5.41) is 0. The second-order valence-electron chi connectivity index (χ2n) is 2.03. The molecule has 0 aliphatic carbocycles. The summed E-state index contributed by atoms with van der Waals surface area (Å²) in [4.78, 5) is 10.4. The molecule has 1 heterocycles. The van der Waals surface area contributed by atoms with Gasteiger partial charge in [0.25, 0.3) is 0 Å². The van der Waals surface area contributed by atoms with Crippen LogP contribution in [0.15, 0.2) is 24.4 Å². The zero-order chi connectivity index (χ0) is 7.40. The van der Waals surface area contributed by atoms with E-state index in [-0.39, 0.29) is 0 Å². The van der Waals surface area contributed by atoms with Crippen molar-refractivity contribution in [1.29, 1.82) is 0 Å². The Morgan fingerprint density at radius 3 is 2.90 bits per heavy atom. The number of hydrogen-bond acceptors (Lipinski definition) is 1. The van der Waals surface area contributed by atoms with Crippen LogP contribution in [0.3, 0.4) is 0 Å². The largest absolute Gasteiger partial charge is 0.291 e. The summed E-state index contributed by atoms with van der Waals surface area (Å²) >= 11 is 0. The monoisotopic (exact) mass is 136 g/mol. The average molecular weight is 136 g/mol. The predicted octanol–water partition coefficient (Wildman–Crippen LogP) is 0.807. The van der Waals surface area contributed by atoms with Crippen LogP contribution in [0.2, 0.25) is 0 Å². The lowest BCUT2D eigenvalue weighted by molar-refractivity contribution is -0.694. The first-order valence-electron chi connectivity index (χ1n) is 3.32. The van der Waals surface area contributed by atoms with Gasteiger partial charge in [0.15, 0.2) is 6.20 Å². The molecular formula is C8H10NO+. The molecule has 1 aromatic rings. The Balaban J connectivity index is 3.08. The van der Waals surface area contributed by atoms with Crippen molar-refractivity contribution in [2.24, 2.45) is 0 Å². The number of rotatable bonds is 2. The molecule has 1 rings (SSSR count). The molecule has 0 aromatic carbocycles. The van der Waals surface area contributed by atoms with E-state index >= 15 is 0 Å². The molecule has 0 N–H and O–H groups in total. The van der Waals surface area contributed by atoms with Crippen molar-refractivity contribution in [2.45, 2.75) is 13.5 Å². The molecule has 0 radical (unpaired) electrons. The average Bonchev–Trinajstić information content (AvgIpc) is 2.04. The van der Waals surface area contributed by atoms with Crippen LogP contribution < -0.4 is 4.57 Å². The van der Waals surface area contributed by atoms with Crippen LogP contribution >= 0.6 is 0 Å². The fourth-order valence-corrected chi connectivity index (χ4v) is 0.884. The van der Waals surface area contributed by atoms with Crippen molar-refractivity contribution in [2.75, 3.05) is 0 Å². The standard InChI is InChI=1S/C8H10NO/c1-2-9-6-4-3-5-8(9)7-10/h3-7H,2H2,1H3/q+1. The molecule has 10 heavy (non-hydrogen) atoms. The molecular weight excluding hydrogens is 126 g/mol. The third-order valence-electron chi connectivity index (χ3n) is 1.44. The van der Waals surface area contributed by atoms with Crippen molar-refractivity contribution in [3.05, 3.63) is 30.1 Å². The van der Waals surface area contributed by atoms with Crippen LogP contribution in [0, 0.1) is 0 Å². The van der Waals surface area contributed by atoms with Crippen molar-refractivity contribution in [3.63, 3.8) is 0 Å². The Morgan fingerprint density at radius 1 is 1.60 bits per heavy atom. The highest BCUT2D eigenvalue weighted by Gasteiger charge is 2.02. The smallest absolute Gasteiger partial charge is 0.245 e. The molecule has 0 atom stereocenters. The van der Waals surface area contributed by atoms with Gasteiger partial charge >= 0.3 is 0 Å². The topological polar surface area (TPSA) is 20.9 Å². The third-order valence-corrected chi connectivity index (χ3v) is 1.44. The quantitative estimate of drug-likeness (QED) is 0.435. The fraction of sp³-hybridized carbons (Fsp3) is 0.250. The number of carbonyl (C=O) groups is 1. The first-order valence-corrected chi connectivity index (χ1v) is 3.32. The minimum atomic E-state index is 0.727. The Morgan fingerprint density at radius 2 is 2.40 bits per heavy atom. The van der Waals surface area contributed by atoms with E-state index in [0.29, 0.717) is 0 Å². The van der Waals surface area contributed by atoms with E-state index in [4.69, 9.17) is 0 Å². The van der Waals surface area contributed by atoms with Crippen LogP contribution in [-0.2, 0) is 6.54 Å². The SMILES string of the molecule is CC[n+]1ccccc1C=O. The van der Waals surface area contributed by atoms with Gasteiger partial charge in [-0.1, -0.05) is 0 Å². The minimum absolute atomic E-state index is 0.727. The highest BCUT2D eigenvalue weighted by Crippen LogP contribution is 1.85. The molecule has 0 aliphatic heterocycles. The Kier molecular flexibility index (Phi) is 2.15. The van der Waals surface area contributed by atoms with Crippen LogP contribution in [-0.4, -0.2) is 6.29 Å². The van der Waals surface area contributed by atoms with Gasteiger partial charge in [0.05, 0.1) is 0 Å². The molecule has 0 bridgehead atoms. The van der Waals surface area contributed by atoms with Gasteiger partial charge in [0, 0.05) is 12.1 Å². The van der Waals surface area contributed by atoms with E-state index in [1.165, 1.54) is 0 Å². The first-order chi connectivity index (χ1) is 4.88. The van der Waals surface area contributed by atoms with Crippen molar-refractivity contribution in [3.8, 4) is 0 Å². The first kappa shape index (κ1) is 6.93. The number of aldehydes is 1. The summed E-state index contributed by atoms with van der Waals surface area (Å²) in [7, 11) is 0. The summed E-state index contributed by atoms with van der Waals surface area (Å²) in [6.07, 6.45) is 2.76. The van der Waals surface area contributed by atoms with Crippen LogP contribution in [0.1, 0.15) is 17.4 Å². The summed E-state index contributed by atoms with van der Waals surface area (Å²) < 4.78 is 1.90. The van der Waals surface area contributed by atoms with E-state index < -0.39 is 0 Å². The van der Waals surface area contributed by atoms with E-state index in [1.54, 1.807) is 6.07 Å². The van der Waals surface area contributed by atoms with E-state index in [0.717, 1.165) is 18.5 Å². The molecule has 0 fully saturated rings. The molecule has 2 nitrogen and oxygen atoms in total. The maximum Gasteiger partial charge on any atom is 0.245 e. The predicted molar refractivity (Wildman–Crippen MR) is 37.7 cm³/mol. The lowest BCUT2D eigenvalue weighted by atomic mass is 10.3. The number of pyridine rings is 1. The number of carbonyl (C=O) groups excluding carboxylic acids is 1. The van der Waals surface area contributed by atoms with Gasteiger partial charge in [-0.2, -0.15) is 4.57 Å². The van der Waals surface area contributed by atoms with Gasteiger partial charge in [-0.25, -0.2) is 0 Å². The molecule has 52 valence electrons. The number of hydrogen-bond donors (Lipinski definition) is 0. The summed E-state index contributed by atoms with van der Waals surface area (Å²) in [5.74, 6) is 0. The summed E-state index contributed by atoms with van der Waals surface area (Å²) in [5.41, 5.74) is 0.727. The van der Waals surface area contributed by atoms with Crippen molar-refractivity contribution >= 4 is 6.29 Å². The maximum atomic E-state index is 10.4. The zero-order valence-corrected chi connectivity index (χ0v) is 5.95. The summed E-state index contributed by atoms with van der Waals surface area (Å²) in [6.45, 7) is 2.85. The molecule has 2 heteroatoms. The minimum Gasteiger partial charge on any atom is -0.291 e. The van der Waals surface area contributed by atoms with Gasteiger partial charge in [0.1, 0.15) is 6.54 Å². The van der Waals surface area contributed by atoms with Gasteiger partial charge in [0.2, 0.25) is 12.0 Å². The Hall–Kier alpha value is -1.18. The zero-order valence-electron chi connectivity index (χ0n) is 5.95. The van der Waals surface area contributed by atoms with Crippen molar-refractivity contribution in [1.82, 2.24) is 0 Å². The summed E-state index contributed by atoms with van der Waals surface area (Å²) in [6, 6.07) is 5.57. The van der Waals surface area contributed by atoms with Gasteiger partial charge in [-0.3, -0.25) is 4.79 Å². The number of nitrogens with zero attached hydrogens (tertiary/aromatic N) is 1. The molecule has 0 saturated heterocycles. The third kappa shape index (κ3) is 1.21. The maximum absolute atomic E-state index is 10.4. The lowest BCUT2D eigenvalue weighted by Gasteiger charge is -1.91. The number of aromatic nitrogens is 1. The fourth-order valence-electron chi connectivity index (χ4n) is 0.884. The second kappa shape index (κ2) is 3.11. The highest BCUT2D eigenvalue weighted by atomic mass is 16.1. The van der Waals surface area contributed by atoms with Crippen molar-refractivity contribution < 1.29 is 9.36 Å². The van der Waals surface area contributed by atoms with Gasteiger partial charge in [-0.05, 0) is 13.0 Å². The van der Waals surface area contributed by atoms with E-state index in [1.807, 2.05) is 29.8 Å². The second-order valence-corrected chi connectivity index (χ2v) is 2.03. The number of aryl methyl sites for hydroxylation is 1. The molecule has 0 spiro atoms. The van der Waals surface area contributed by atoms with E-state index in [2.05, 4.69) is 0 Å².